The highest BCUT2D eigenvalue weighted by Crippen LogP contribution is 2.36. The molecule has 0 bridgehead atoms. The summed E-state index contributed by atoms with van der Waals surface area (Å²) >= 11 is 6.37. The number of nitrogens with zero attached hydrogens (tertiary/aromatic N) is 3. The molecule has 7 nitrogen and oxygen atoms in total. The van der Waals surface area contributed by atoms with Crippen molar-refractivity contribution in [2.24, 2.45) is 11.8 Å². The zero-order valence-corrected chi connectivity index (χ0v) is 20.4. The summed E-state index contributed by atoms with van der Waals surface area (Å²) in [7, 11) is 1.58. The number of carboxylic acid groups (broad SMARTS) is 1. The van der Waals surface area contributed by atoms with Gasteiger partial charge < -0.3 is 24.4 Å². The Bertz CT molecular complexity index is 1010. The number of hydrogen-bond acceptors (Lipinski definition) is 6. The number of alkyl halides is 1. The summed E-state index contributed by atoms with van der Waals surface area (Å²) in [6, 6.07) is 9.03. The molecule has 2 aliphatic rings. The summed E-state index contributed by atoms with van der Waals surface area (Å²) in [5.41, 5.74) is 1.72. The maximum Gasteiger partial charge on any atom is 0.305 e. The summed E-state index contributed by atoms with van der Waals surface area (Å²) < 4.78 is 25.9. The zero-order valence-electron chi connectivity index (χ0n) is 19.7. The molecule has 0 unspecified atom stereocenters. The second-order valence-electron chi connectivity index (χ2n) is 9.23. The number of benzene rings is 1. The fourth-order valence-electron chi connectivity index (χ4n) is 4.96. The standard InChI is InChI=1S/C25H31ClFN3O4/c1-15-13-29(22-10-24(33-3)28-12-19(22)26)9-8-23(15)34-18-6-4-17(5-7-18)30-14-20(27)16(2)21(30)11-25(31)32/h4-7,10,12,15-16,20-21,23H,8-9,11,13-14H2,1-3H3,(H,31,32)/t15-,16-,20+,21+,23-/m1/s1. The average molecular weight is 492 g/mol. The molecule has 2 saturated heterocycles. The minimum absolute atomic E-state index is 0.0476. The highest BCUT2D eigenvalue weighted by molar-refractivity contribution is 6.33. The number of ether oxygens (including phenoxy) is 2. The first-order chi connectivity index (χ1) is 16.3. The quantitative estimate of drug-likeness (QED) is 0.603. The smallest absolute Gasteiger partial charge is 0.305 e. The van der Waals surface area contributed by atoms with E-state index in [0.29, 0.717) is 10.9 Å². The molecule has 0 saturated carbocycles. The van der Waals surface area contributed by atoms with Gasteiger partial charge in [-0.25, -0.2) is 9.37 Å². The first kappa shape index (κ1) is 24.4. The maximum absolute atomic E-state index is 14.3. The van der Waals surface area contributed by atoms with Gasteiger partial charge in [0.05, 0.1) is 30.4 Å². The number of piperidine rings is 1. The predicted molar refractivity (Wildman–Crippen MR) is 130 cm³/mol. The van der Waals surface area contributed by atoms with Gasteiger partial charge in [-0.3, -0.25) is 4.79 Å². The lowest BCUT2D eigenvalue weighted by molar-refractivity contribution is -0.137. The van der Waals surface area contributed by atoms with E-state index in [0.717, 1.165) is 36.6 Å². The molecule has 34 heavy (non-hydrogen) atoms. The maximum atomic E-state index is 14.3. The van der Waals surface area contributed by atoms with E-state index < -0.39 is 12.1 Å². The Kier molecular flexibility index (Phi) is 7.36. The van der Waals surface area contributed by atoms with Gasteiger partial charge >= 0.3 is 5.97 Å². The summed E-state index contributed by atoms with van der Waals surface area (Å²) in [6.45, 7) is 5.72. The van der Waals surface area contributed by atoms with Gasteiger partial charge in [0.1, 0.15) is 18.0 Å². The van der Waals surface area contributed by atoms with Gasteiger partial charge in [-0.15, -0.1) is 0 Å². The van der Waals surface area contributed by atoms with Gasteiger partial charge in [-0.2, -0.15) is 0 Å². The van der Waals surface area contributed by atoms with Crippen molar-refractivity contribution in [2.75, 3.05) is 36.5 Å². The molecule has 0 radical (unpaired) electrons. The van der Waals surface area contributed by atoms with Gasteiger partial charge in [0.15, 0.2) is 0 Å². The van der Waals surface area contributed by atoms with E-state index in [4.69, 9.17) is 21.1 Å². The van der Waals surface area contributed by atoms with Gasteiger partial charge in [0, 0.05) is 55.7 Å². The Morgan fingerprint density at radius 1 is 1.26 bits per heavy atom. The molecular formula is C25H31ClFN3O4. The molecule has 184 valence electrons. The number of rotatable bonds is 7. The molecule has 2 fully saturated rings. The van der Waals surface area contributed by atoms with Crippen LogP contribution in [-0.4, -0.2) is 61.1 Å². The fourth-order valence-corrected chi connectivity index (χ4v) is 5.18. The topological polar surface area (TPSA) is 75.1 Å². The van der Waals surface area contributed by atoms with Crippen LogP contribution in [0.1, 0.15) is 26.7 Å². The van der Waals surface area contributed by atoms with Crippen LogP contribution in [0.5, 0.6) is 11.6 Å². The molecule has 0 aliphatic carbocycles. The van der Waals surface area contributed by atoms with Crippen LogP contribution in [0.3, 0.4) is 0 Å². The van der Waals surface area contributed by atoms with Crippen LogP contribution in [0, 0.1) is 11.8 Å². The van der Waals surface area contributed by atoms with Crippen LogP contribution in [0.25, 0.3) is 0 Å². The fraction of sp³-hybridized carbons (Fsp3) is 0.520. The van der Waals surface area contributed by atoms with Crippen molar-refractivity contribution in [1.29, 1.82) is 0 Å². The zero-order chi connectivity index (χ0) is 24.4. The number of anilines is 2. The minimum atomic E-state index is -1.04. The Balaban J connectivity index is 1.39. The van der Waals surface area contributed by atoms with E-state index in [1.165, 1.54) is 0 Å². The second kappa shape index (κ2) is 10.3. The molecule has 0 amide bonds. The van der Waals surface area contributed by atoms with E-state index in [1.807, 2.05) is 35.2 Å². The molecule has 1 aromatic heterocycles. The molecular weight excluding hydrogens is 461 g/mol. The van der Waals surface area contributed by atoms with Crippen LogP contribution in [-0.2, 0) is 4.79 Å². The number of hydrogen-bond donors (Lipinski definition) is 1. The minimum Gasteiger partial charge on any atom is -0.490 e. The molecule has 2 aromatic rings. The molecule has 0 spiro atoms. The lowest BCUT2D eigenvalue weighted by Crippen LogP contribution is -2.44. The highest BCUT2D eigenvalue weighted by Gasteiger charge is 2.40. The van der Waals surface area contributed by atoms with Crippen molar-refractivity contribution < 1.29 is 23.8 Å². The lowest BCUT2D eigenvalue weighted by Gasteiger charge is -2.38. The van der Waals surface area contributed by atoms with E-state index in [-0.39, 0.29) is 36.9 Å². The third kappa shape index (κ3) is 5.17. The largest absolute Gasteiger partial charge is 0.490 e. The van der Waals surface area contributed by atoms with Crippen LogP contribution < -0.4 is 19.3 Å². The van der Waals surface area contributed by atoms with Crippen LogP contribution >= 0.6 is 11.6 Å². The third-order valence-corrected chi connectivity index (χ3v) is 7.27. The molecule has 5 atom stereocenters. The number of carbonyl (C=O) groups is 1. The number of carboxylic acids is 1. The molecule has 3 heterocycles. The van der Waals surface area contributed by atoms with E-state index in [2.05, 4.69) is 16.8 Å². The van der Waals surface area contributed by atoms with Crippen LogP contribution in [0.2, 0.25) is 5.02 Å². The third-order valence-electron chi connectivity index (χ3n) is 6.97. The number of halogens is 2. The first-order valence-corrected chi connectivity index (χ1v) is 12.0. The van der Waals surface area contributed by atoms with Crippen molar-refractivity contribution >= 4 is 28.9 Å². The van der Waals surface area contributed by atoms with Crippen molar-refractivity contribution in [3.05, 3.63) is 41.6 Å². The summed E-state index contributed by atoms with van der Waals surface area (Å²) in [6.07, 6.45) is 1.37. The summed E-state index contributed by atoms with van der Waals surface area (Å²) in [5, 5.41) is 9.83. The van der Waals surface area contributed by atoms with Gasteiger partial charge in [0.2, 0.25) is 5.88 Å². The number of methoxy groups -OCH3 is 1. The number of aliphatic carboxylic acids is 1. The van der Waals surface area contributed by atoms with Crippen LogP contribution in [0.4, 0.5) is 15.8 Å². The Labute approximate surface area is 204 Å². The Hall–Kier alpha value is -2.74. The van der Waals surface area contributed by atoms with E-state index >= 15 is 0 Å². The van der Waals surface area contributed by atoms with Crippen molar-refractivity contribution in [2.45, 2.75) is 45.0 Å². The summed E-state index contributed by atoms with van der Waals surface area (Å²) in [5.74, 6) is 0.295. The van der Waals surface area contributed by atoms with Crippen molar-refractivity contribution in [3.8, 4) is 11.6 Å². The molecule has 4 rings (SSSR count). The normalized spacial score (nSPS) is 27.0. The molecule has 1 N–H and O–H groups in total. The SMILES string of the molecule is COc1cc(N2CC[C@@H](Oc3ccc(N4C[C@H](F)[C@@H](C)[C@@H]4CC(=O)O)cc3)[C@H](C)C2)c(Cl)cn1. The Morgan fingerprint density at radius 3 is 2.65 bits per heavy atom. The lowest BCUT2D eigenvalue weighted by atomic mass is 9.96. The highest BCUT2D eigenvalue weighted by atomic mass is 35.5. The number of pyridine rings is 1. The first-order valence-electron chi connectivity index (χ1n) is 11.6. The van der Waals surface area contributed by atoms with Crippen molar-refractivity contribution in [3.63, 3.8) is 0 Å². The Morgan fingerprint density at radius 2 is 2.00 bits per heavy atom. The number of aromatic nitrogens is 1. The predicted octanol–water partition coefficient (Wildman–Crippen LogP) is 4.67. The second-order valence-corrected chi connectivity index (χ2v) is 9.64. The van der Waals surface area contributed by atoms with E-state index in [9.17, 15) is 14.3 Å². The van der Waals surface area contributed by atoms with Crippen molar-refractivity contribution in [1.82, 2.24) is 4.98 Å². The summed E-state index contributed by atoms with van der Waals surface area (Å²) in [4.78, 5) is 19.5. The average Bonchev–Trinajstić information content (AvgIpc) is 3.09. The monoisotopic (exact) mass is 491 g/mol. The van der Waals surface area contributed by atoms with Crippen LogP contribution in [0.15, 0.2) is 36.5 Å². The van der Waals surface area contributed by atoms with Gasteiger partial charge in [0.25, 0.3) is 0 Å². The van der Waals surface area contributed by atoms with Gasteiger partial charge in [-0.05, 0) is 24.3 Å². The van der Waals surface area contributed by atoms with Gasteiger partial charge in [-0.1, -0.05) is 25.4 Å². The molecule has 2 aliphatic heterocycles. The van der Waals surface area contributed by atoms with E-state index in [1.54, 1.807) is 20.2 Å². The molecule has 9 heteroatoms. The molecule has 1 aromatic carbocycles.